The lowest BCUT2D eigenvalue weighted by atomic mass is 10.2. The van der Waals surface area contributed by atoms with Crippen molar-refractivity contribution in [2.75, 3.05) is 27.9 Å². The molecule has 0 heterocycles. The van der Waals surface area contributed by atoms with Crippen molar-refractivity contribution in [1.82, 2.24) is 0 Å². The van der Waals surface area contributed by atoms with Crippen LogP contribution in [0.5, 0.6) is 0 Å². The summed E-state index contributed by atoms with van der Waals surface area (Å²) in [5.74, 6) is -1.13. The van der Waals surface area contributed by atoms with E-state index in [1.54, 1.807) is 55.5 Å². The van der Waals surface area contributed by atoms with E-state index in [0.29, 0.717) is 32.9 Å². The van der Waals surface area contributed by atoms with Gasteiger partial charge in [-0.3, -0.25) is 10.1 Å². The normalized spacial score (nSPS) is 10.2. The molecule has 0 unspecified atom stereocenters. The summed E-state index contributed by atoms with van der Waals surface area (Å²) in [4.78, 5) is 23.7. The Bertz CT molecular complexity index is 1170. The monoisotopic (exact) mass is 486 g/mol. The standard InChI is InChI=1S/C23H20ClFN4O3S/c1-2-32-23(31)29-20-12-11-16(13-18(20)24)28-22(33)27-15-9-7-14(8-10-15)26-21(30)17-5-3-4-6-19(17)25/h3-13H,2H2,1H3,(H,26,30)(H,29,31)(H2,27,28,33). The molecule has 170 valence electrons. The van der Waals surface area contributed by atoms with E-state index in [2.05, 4.69) is 21.3 Å². The van der Waals surface area contributed by atoms with E-state index in [9.17, 15) is 14.0 Å². The Morgan fingerprint density at radius 3 is 2.15 bits per heavy atom. The number of ether oxygens (including phenoxy) is 1. The zero-order valence-electron chi connectivity index (χ0n) is 17.4. The zero-order chi connectivity index (χ0) is 23.8. The van der Waals surface area contributed by atoms with E-state index in [1.807, 2.05) is 0 Å². The van der Waals surface area contributed by atoms with Crippen molar-refractivity contribution in [2.45, 2.75) is 6.92 Å². The smallest absolute Gasteiger partial charge is 0.411 e. The van der Waals surface area contributed by atoms with Crippen LogP contribution in [0.15, 0.2) is 66.7 Å². The van der Waals surface area contributed by atoms with Crippen molar-refractivity contribution in [3.05, 3.63) is 83.1 Å². The first kappa shape index (κ1) is 24.0. The molecule has 0 aromatic heterocycles. The minimum atomic E-state index is -0.592. The van der Waals surface area contributed by atoms with Gasteiger partial charge in [0.05, 0.1) is 22.9 Å². The Hall–Kier alpha value is -3.69. The van der Waals surface area contributed by atoms with Gasteiger partial charge in [0, 0.05) is 17.1 Å². The lowest BCUT2D eigenvalue weighted by Gasteiger charge is -2.13. The van der Waals surface area contributed by atoms with Gasteiger partial charge in [0.1, 0.15) is 5.82 Å². The molecule has 3 aromatic carbocycles. The molecule has 0 saturated heterocycles. The summed E-state index contributed by atoms with van der Waals surface area (Å²) in [6.45, 7) is 1.96. The van der Waals surface area contributed by atoms with Crippen molar-refractivity contribution < 1.29 is 18.7 Å². The van der Waals surface area contributed by atoms with Crippen molar-refractivity contribution in [1.29, 1.82) is 0 Å². The van der Waals surface area contributed by atoms with Crippen LogP contribution in [0, 0.1) is 5.82 Å². The van der Waals surface area contributed by atoms with Gasteiger partial charge in [-0.1, -0.05) is 23.7 Å². The zero-order valence-corrected chi connectivity index (χ0v) is 19.0. The lowest BCUT2D eigenvalue weighted by molar-refractivity contribution is 0.102. The van der Waals surface area contributed by atoms with E-state index < -0.39 is 17.8 Å². The van der Waals surface area contributed by atoms with Crippen molar-refractivity contribution in [2.24, 2.45) is 0 Å². The topological polar surface area (TPSA) is 91.5 Å². The van der Waals surface area contributed by atoms with Crippen LogP contribution >= 0.6 is 23.8 Å². The number of halogens is 2. The number of amides is 2. The molecule has 0 bridgehead atoms. The predicted octanol–water partition coefficient (Wildman–Crippen LogP) is 6.11. The van der Waals surface area contributed by atoms with Crippen LogP contribution in [-0.4, -0.2) is 23.7 Å². The van der Waals surface area contributed by atoms with Crippen LogP contribution < -0.4 is 21.3 Å². The molecule has 7 nitrogen and oxygen atoms in total. The fourth-order valence-electron chi connectivity index (χ4n) is 2.75. The van der Waals surface area contributed by atoms with Crippen LogP contribution in [-0.2, 0) is 4.74 Å². The molecule has 0 aliphatic rings. The Morgan fingerprint density at radius 2 is 1.52 bits per heavy atom. The molecule has 3 aromatic rings. The van der Waals surface area contributed by atoms with Crippen LogP contribution in [0.25, 0.3) is 0 Å². The highest BCUT2D eigenvalue weighted by molar-refractivity contribution is 7.80. The van der Waals surface area contributed by atoms with Gasteiger partial charge in [0.2, 0.25) is 0 Å². The molecule has 0 aliphatic heterocycles. The Kier molecular flexibility index (Phi) is 8.17. The maximum Gasteiger partial charge on any atom is 0.411 e. The van der Waals surface area contributed by atoms with Gasteiger partial charge in [-0.15, -0.1) is 0 Å². The van der Waals surface area contributed by atoms with Crippen molar-refractivity contribution in [3.8, 4) is 0 Å². The Morgan fingerprint density at radius 1 is 0.909 bits per heavy atom. The predicted molar refractivity (Wildman–Crippen MR) is 133 cm³/mol. The molecule has 0 spiro atoms. The van der Waals surface area contributed by atoms with Crippen molar-refractivity contribution in [3.63, 3.8) is 0 Å². The number of nitrogens with one attached hydrogen (secondary N) is 4. The average Bonchev–Trinajstić information content (AvgIpc) is 2.77. The van der Waals surface area contributed by atoms with Crippen LogP contribution in [0.4, 0.5) is 31.9 Å². The number of rotatable bonds is 6. The van der Waals surface area contributed by atoms with E-state index in [4.69, 9.17) is 28.6 Å². The van der Waals surface area contributed by atoms with Gasteiger partial charge < -0.3 is 20.7 Å². The third kappa shape index (κ3) is 6.90. The number of hydrogen-bond donors (Lipinski definition) is 4. The SMILES string of the molecule is CCOC(=O)Nc1ccc(NC(=S)Nc2ccc(NC(=O)c3ccccc3F)cc2)cc1Cl. The highest BCUT2D eigenvalue weighted by Gasteiger charge is 2.11. The van der Waals surface area contributed by atoms with Crippen LogP contribution in [0.3, 0.4) is 0 Å². The Balaban J connectivity index is 1.55. The molecule has 33 heavy (non-hydrogen) atoms. The highest BCUT2D eigenvalue weighted by Crippen LogP contribution is 2.26. The fourth-order valence-corrected chi connectivity index (χ4v) is 3.21. The first-order valence-electron chi connectivity index (χ1n) is 9.83. The second kappa shape index (κ2) is 11.3. The largest absolute Gasteiger partial charge is 0.450 e. The summed E-state index contributed by atoms with van der Waals surface area (Å²) in [6, 6.07) is 17.4. The second-order valence-corrected chi connectivity index (χ2v) is 7.45. The van der Waals surface area contributed by atoms with Crippen molar-refractivity contribution >= 4 is 63.7 Å². The number of anilines is 4. The van der Waals surface area contributed by atoms with Crippen LogP contribution in [0.1, 0.15) is 17.3 Å². The van der Waals surface area contributed by atoms with Gasteiger partial charge in [-0.2, -0.15) is 0 Å². The van der Waals surface area contributed by atoms with Crippen LogP contribution in [0.2, 0.25) is 5.02 Å². The Labute approximate surface area is 200 Å². The number of hydrogen-bond acceptors (Lipinski definition) is 4. The summed E-state index contributed by atoms with van der Waals surface area (Å²) in [5, 5.41) is 11.8. The van der Waals surface area contributed by atoms with Gasteiger partial charge in [0.25, 0.3) is 5.91 Å². The summed E-state index contributed by atoms with van der Waals surface area (Å²) in [5.41, 5.74) is 2.16. The second-order valence-electron chi connectivity index (χ2n) is 6.63. The molecule has 0 aliphatic carbocycles. The molecular weight excluding hydrogens is 467 g/mol. The minimum absolute atomic E-state index is 0.0350. The summed E-state index contributed by atoms with van der Waals surface area (Å²) in [6.07, 6.45) is -0.592. The molecule has 0 atom stereocenters. The molecular formula is C23H20ClFN4O3S. The van der Waals surface area contributed by atoms with E-state index >= 15 is 0 Å². The molecule has 0 radical (unpaired) electrons. The summed E-state index contributed by atoms with van der Waals surface area (Å²) < 4.78 is 18.6. The van der Waals surface area contributed by atoms with E-state index in [1.165, 1.54) is 18.2 Å². The molecule has 3 rings (SSSR count). The molecule has 0 saturated carbocycles. The number of thiocarbonyl (C=S) groups is 1. The van der Waals surface area contributed by atoms with Gasteiger partial charge >= 0.3 is 6.09 Å². The summed E-state index contributed by atoms with van der Waals surface area (Å²) >= 11 is 11.5. The van der Waals surface area contributed by atoms with E-state index in [-0.39, 0.29) is 12.2 Å². The maximum absolute atomic E-state index is 13.7. The van der Waals surface area contributed by atoms with Gasteiger partial charge in [0.15, 0.2) is 5.11 Å². The number of benzene rings is 3. The quantitative estimate of drug-likeness (QED) is 0.314. The highest BCUT2D eigenvalue weighted by atomic mass is 35.5. The minimum Gasteiger partial charge on any atom is -0.450 e. The molecule has 2 amide bonds. The first-order chi connectivity index (χ1) is 15.9. The third-order valence-corrected chi connectivity index (χ3v) is 4.78. The molecule has 10 heteroatoms. The fraction of sp³-hybridized carbons (Fsp3) is 0.0870. The molecule has 0 fully saturated rings. The number of carbonyl (C=O) groups is 2. The third-order valence-electron chi connectivity index (χ3n) is 4.26. The average molecular weight is 487 g/mol. The lowest BCUT2D eigenvalue weighted by Crippen LogP contribution is -2.19. The molecule has 4 N–H and O–H groups in total. The summed E-state index contributed by atoms with van der Waals surface area (Å²) in [7, 11) is 0. The van der Waals surface area contributed by atoms with E-state index in [0.717, 1.165) is 0 Å². The number of carbonyl (C=O) groups excluding carboxylic acids is 2. The van der Waals surface area contributed by atoms with Gasteiger partial charge in [-0.05, 0) is 73.7 Å². The maximum atomic E-state index is 13.7. The first-order valence-corrected chi connectivity index (χ1v) is 10.6. The van der Waals surface area contributed by atoms with Gasteiger partial charge in [-0.25, -0.2) is 9.18 Å².